The van der Waals surface area contributed by atoms with Gasteiger partial charge in [0.25, 0.3) is 0 Å². The van der Waals surface area contributed by atoms with E-state index >= 15 is 0 Å². The van der Waals surface area contributed by atoms with Gasteiger partial charge in [0.1, 0.15) is 5.82 Å². The molecule has 0 radical (unpaired) electrons. The van der Waals surface area contributed by atoms with Gasteiger partial charge in [-0.25, -0.2) is 9.97 Å². The molecular formula is C10H14N4O. The Hall–Kier alpha value is -1.65. The summed E-state index contributed by atoms with van der Waals surface area (Å²) in [5.74, 6) is 1.42. The molecule has 1 aliphatic heterocycles. The van der Waals surface area contributed by atoms with E-state index in [1.54, 1.807) is 17.4 Å². The average molecular weight is 206 g/mol. The Labute approximate surface area is 88.8 Å². The van der Waals surface area contributed by atoms with Gasteiger partial charge in [-0.05, 0) is 6.92 Å². The number of ether oxygens (including phenoxy) is 1. The van der Waals surface area contributed by atoms with Crippen molar-refractivity contribution in [1.29, 1.82) is 0 Å². The van der Waals surface area contributed by atoms with Crippen LogP contribution in [0, 0.1) is 0 Å². The summed E-state index contributed by atoms with van der Waals surface area (Å²) in [5, 5.41) is 6.01. The molecule has 0 spiro atoms. The molecule has 0 aromatic carbocycles. The molecule has 0 aliphatic carbocycles. The van der Waals surface area contributed by atoms with Crippen molar-refractivity contribution >= 4 is 5.90 Å². The highest BCUT2D eigenvalue weighted by molar-refractivity contribution is 5.94. The van der Waals surface area contributed by atoms with Crippen LogP contribution in [0.25, 0.3) is 0 Å². The molecule has 0 N–H and O–H groups in total. The molecule has 0 saturated carbocycles. The number of hydrogen-bond acceptors (Lipinski definition) is 5. The Balaban J connectivity index is 2.20. The van der Waals surface area contributed by atoms with E-state index in [2.05, 4.69) is 15.1 Å². The lowest BCUT2D eigenvalue weighted by Gasteiger charge is -2.11. The second kappa shape index (κ2) is 3.84. The zero-order valence-corrected chi connectivity index (χ0v) is 9.14. The topological polar surface area (TPSA) is 50.6 Å². The molecule has 0 bridgehead atoms. The van der Waals surface area contributed by atoms with E-state index in [9.17, 15) is 0 Å². The van der Waals surface area contributed by atoms with E-state index in [0.29, 0.717) is 5.90 Å². The highest BCUT2D eigenvalue weighted by Gasteiger charge is 2.21. The van der Waals surface area contributed by atoms with Gasteiger partial charge in [0, 0.05) is 25.9 Å². The molecule has 80 valence electrons. The number of nitrogens with zero attached hydrogens (tertiary/aromatic N) is 4. The van der Waals surface area contributed by atoms with Crippen LogP contribution < -0.4 is 0 Å². The molecule has 1 aromatic heterocycles. The van der Waals surface area contributed by atoms with Gasteiger partial charge < -0.3 is 4.74 Å². The maximum Gasteiger partial charge on any atom is 0.243 e. The zero-order chi connectivity index (χ0) is 10.8. The van der Waals surface area contributed by atoms with Crippen LogP contribution in [-0.4, -0.2) is 34.2 Å². The van der Waals surface area contributed by atoms with Crippen LogP contribution in [0.2, 0.25) is 0 Å². The first-order valence-corrected chi connectivity index (χ1v) is 5.00. The summed E-state index contributed by atoms with van der Waals surface area (Å²) in [7, 11) is 1.87. The van der Waals surface area contributed by atoms with Crippen molar-refractivity contribution in [3.8, 4) is 0 Å². The van der Waals surface area contributed by atoms with Gasteiger partial charge in [-0.2, -0.15) is 0 Å². The summed E-state index contributed by atoms with van der Waals surface area (Å²) in [5.41, 5.74) is 0.823. The fourth-order valence-corrected chi connectivity index (χ4v) is 1.26. The summed E-state index contributed by atoms with van der Waals surface area (Å²) < 4.78 is 5.53. The van der Waals surface area contributed by atoms with Gasteiger partial charge in [-0.15, -0.1) is 5.10 Å². The van der Waals surface area contributed by atoms with Crippen molar-refractivity contribution in [3.63, 3.8) is 0 Å². The number of hydrogen-bond donors (Lipinski definition) is 0. The van der Waals surface area contributed by atoms with Gasteiger partial charge in [-0.3, -0.25) is 5.01 Å². The van der Waals surface area contributed by atoms with Crippen LogP contribution in [0.15, 0.2) is 17.5 Å². The van der Waals surface area contributed by atoms with E-state index < -0.39 is 0 Å². The number of hydrazone groups is 1. The summed E-state index contributed by atoms with van der Waals surface area (Å²) >= 11 is 0. The highest BCUT2D eigenvalue weighted by atomic mass is 16.5. The molecule has 2 heterocycles. The highest BCUT2D eigenvalue weighted by Crippen LogP contribution is 2.13. The molecular weight excluding hydrogens is 192 g/mol. The SMILES string of the molecule is CCc1ncc(C2=NN(C)C(C)O2)cn1. The van der Waals surface area contributed by atoms with Crippen LogP contribution in [0.3, 0.4) is 0 Å². The van der Waals surface area contributed by atoms with E-state index in [4.69, 9.17) is 4.74 Å². The lowest BCUT2D eigenvalue weighted by molar-refractivity contribution is 0.0960. The minimum Gasteiger partial charge on any atom is -0.451 e. The van der Waals surface area contributed by atoms with E-state index in [-0.39, 0.29) is 6.23 Å². The van der Waals surface area contributed by atoms with Crippen molar-refractivity contribution < 1.29 is 4.74 Å². The fraction of sp³-hybridized carbons (Fsp3) is 0.500. The predicted octanol–water partition coefficient (Wildman–Crippen LogP) is 1.01. The quantitative estimate of drug-likeness (QED) is 0.724. The molecule has 0 fully saturated rings. The number of aromatic nitrogens is 2. The van der Waals surface area contributed by atoms with E-state index in [1.807, 2.05) is 20.9 Å². The van der Waals surface area contributed by atoms with Crippen molar-refractivity contribution in [2.45, 2.75) is 26.5 Å². The van der Waals surface area contributed by atoms with Crippen LogP contribution in [0.5, 0.6) is 0 Å². The Morgan fingerprint density at radius 2 is 2.07 bits per heavy atom. The average Bonchev–Trinajstić information content (AvgIpc) is 2.59. The third-order valence-corrected chi connectivity index (χ3v) is 2.33. The summed E-state index contributed by atoms with van der Waals surface area (Å²) in [6, 6.07) is 0. The number of aryl methyl sites for hydroxylation is 1. The molecule has 5 heteroatoms. The third-order valence-electron chi connectivity index (χ3n) is 2.33. The molecule has 2 rings (SSSR count). The molecule has 0 amide bonds. The molecule has 1 aromatic rings. The lowest BCUT2D eigenvalue weighted by Crippen LogP contribution is -2.20. The lowest BCUT2D eigenvalue weighted by atomic mass is 10.3. The van der Waals surface area contributed by atoms with Crippen molar-refractivity contribution in [2.24, 2.45) is 5.10 Å². The van der Waals surface area contributed by atoms with Gasteiger partial charge in [0.05, 0.1) is 5.56 Å². The van der Waals surface area contributed by atoms with Gasteiger partial charge in [0.2, 0.25) is 5.90 Å². The predicted molar refractivity (Wildman–Crippen MR) is 56.3 cm³/mol. The third kappa shape index (κ3) is 1.91. The minimum atomic E-state index is -0.0224. The number of rotatable bonds is 2. The largest absolute Gasteiger partial charge is 0.451 e. The Morgan fingerprint density at radius 1 is 1.40 bits per heavy atom. The standard InChI is InChI=1S/C10H14N4O/c1-4-9-11-5-8(6-12-9)10-13-14(3)7(2)15-10/h5-7H,4H2,1-3H3. The second-order valence-corrected chi connectivity index (χ2v) is 3.44. The monoisotopic (exact) mass is 206 g/mol. The summed E-state index contributed by atoms with van der Waals surface area (Å²) in [6.07, 6.45) is 4.31. The smallest absolute Gasteiger partial charge is 0.243 e. The van der Waals surface area contributed by atoms with Crippen molar-refractivity contribution in [1.82, 2.24) is 15.0 Å². The molecule has 5 nitrogen and oxygen atoms in total. The van der Waals surface area contributed by atoms with Crippen molar-refractivity contribution in [2.75, 3.05) is 7.05 Å². The van der Waals surface area contributed by atoms with Crippen LogP contribution in [0.4, 0.5) is 0 Å². The summed E-state index contributed by atoms with van der Waals surface area (Å²) in [4.78, 5) is 8.40. The van der Waals surface area contributed by atoms with Gasteiger partial charge in [0.15, 0.2) is 6.23 Å². The molecule has 1 aliphatic rings. The first-order chi connectivity index (χ1) is 7.20. The first-order valence-electron chi connectivity index (χ1n) is 5.00. The van der Waals surface area contributed by atoms with Crippen molar-refractivity contribution in [3.05, 3.63) is 23.8 Å². The maximum absolute atomic E-state index is 5.53. The minimum absolute atomic E-state index is 0.0224. The normalized spacial score (nSPS) is 20.1. The van der Waals surface area contributed by atoms with E-state index in [1.165, 1.54) is 0 Å². The Kier molecular flexibility index (Phi) is 2.53. The molecule has 1 atom stereocenters. The molecule has 15 heavy (non-hydrogen) atoms. The first kappa shape index (κ1) is 9.89. The Morgan fingerprint density at radius 3 is 2.53 bits per heavy atom. The van der Waals surface area contributed by atoms with E-state index in [0.717, 1.165) is 17.8 Å². The van der Waals surface area contributed by atoms with Crippen LogP contribution in [0.1, 0.15) is 25.2 Å². The second-order valence-electron chi connectivity index (χ2n) is 3.44. The van der Waals surface area contributed by atoms with Gasteiger partial charge >= 0.3 is 0 Å². The molecule has 1 unspecified atom stereocenters. The molecule has 0 saturated heterocycles. The summed E-state index contributed by atoms with van der Waals surface area (Å²) in [6.45, 7) is 3.96. The van der Waals surface area contributed by atoms with Crippen LogP contribution in [-0.2, 0) is 11.2 Å². The zero-order valence-electron chi connectivity index (χ0n) is 9.14. The Bertz CT molecular complexity index is 374. The maximum atomic E-state index is 5.53. The van der Waals surface area contributed by atoms with Crippen LogP contribution >= 0.6 is 0 Å². The van der Waals surface area contributed by atoms with Gasteiger partial charge in [-0.1, -0.05) is 6.92 Å². The fourth-order valence-electron chi connectivity index (χ4n) is 1.26.